The maximum Gasteiger partial charge on any atom is 0.335 e. The summed E-state index contributed by atoms with van der Waals surface area (Å²) in [5.74, 6) is -0.485. The predicted molar refractivity (Wildman–Crippen MR) is 104 cm³/mol. The van der Waals surface area contributed by atoms with Crippen LogP contribution in [0.4, 0.5) is 11.4 Å². The van der Waals surface area contributed by atoms with Crippen molar-refractivity contribution < 1.29 is 18.3 Å². The van der Waals surface area contributed by atoms with Crippen LogP contribution in [0.15, 0.2) is 34.5 Å². The van der Waals surface area contributed by atoms with Gasteiger partial charge < -0.3 is 10.0 Å². The van der Waals surface area contributed by atoms with Gasteiger partial charge in [0.2, 0.25) is 0 Å². The van der Waals surface area contributed by atoms with Crippen LogP contribution in [0.25, 0.3) is 0 Å². The van der Waals surface area contributed by atoms with Crippen LogP contribution >= 0.6 is 22.9 Å². The van der Waals surface area contributed by atoms with Gasteiger partial charge in [-0.25, -0.2) is 13.2 Å². The van der Waals surface area contributed by atoms with Crippen molar-refractivity contribution in [3.8, 4) is 0 Å². The molecule has 1 saturated heterocycles. The van der Waals surface area contributed by atoms with Crippen LogP contribution in [0.1, 0.15) is 30.1 Å². The van der Waals surface area contributed by atoms with Gasteiger partial charge in [-0.1, -0.05) is 18.5 Å². The molecule has 1 aliphatic rings. The van der Waals surface area contributed by atoms with E-state index in [9.17, 15) is 18.3 Å². The Morgan fingerprint density at radius 2 is 1.96 bits per heavy atom. The average molecular weight is 415 g/mol. The molecule has 2 N–H and O–H groups in total. The first-order valence-corrected chi connectivity index (χ1v) is 10.8. The van der Waals surface area contributed by atoms with Gasteiger partial charge >= 0.3 is 5.97 Å². The van der Waals surface area contributed by atoms with Crippen LogP contribution < -0.4 is 9.62 Å². The zero-order valence-corrected chi connectivity index (χ0v) is 16.5. The van der Waals surface area contributed by atoms with E-state index >= 15 is 0 Å². The molecule has 1 aromatic carbocycles. The largest absolute Gasteiger partial charge is 0.478 e. The smallest absolute Gasteiger partial charge is 0.335 e. The second kappa shape index (κ2) is 7.46. The van der Waals surface area contributed by atoms with Gasteiger partial charge in [0.25, 0.3) is 10.0 Å². The number of hydrogen-bond donors (Lipinski definition) is 2. The second-order valence-electron chi connectivity index (χ2n) is 6.37. The summed E-state index contributed by atoms with van der Waals surface area (Å²) in [6.45, 7) is 3.79. The summed E-state index contributed by atoms with van der Waals surface area (Å²) in [7, 11) is -3.84. The number of piperidine rings is 1. The third kappa shape index (κ3) is 4.13. The van der Waals surface area contributed by atoms with Crippen LogP contribution in [-0.2, 0) is 10.0 Å². The van der Waals surface area contributed by atoms with E-state index in [0.717, 1.165) is 37.3 Å². The number of carbonyl (C=O) groups is 1. The number of carboxylic acid groups (broad SMARTS) is 1. The molecule has 140 valence electrons. The van der Waals surface area contributed by atoms with E-state index in [0.29, 0.717) is 15.9 Å². The molecule has 0 saturated carbocycles. The van der Waals surface area contributed by atoms with Gasteiger partial charge in [0, 0.05) is 13.1 Å². The molecule has 1 fully saturated rings. The molecule has 0 radical (unpaired) electrons. The number of rotatable bonds is 5. The average Bonchev–Trinajstić information content (AvgIpc) is 3.03. The van der Waals surface area contributed by atoms with E-state index in [-0.39, 0.29) is 15.5 Å². The van der Waals surface area contributed by atoms with E-state index in [1.54, 1.807) is 6.07 Å². The van der Waals surface area contributed by atoms with Crippen molar-refractivity contribution in [2.24, 2.45) is 5.92 Å². The van der Waals surface area contributed by atoms with E-state index in [1.165, 1.54) is 24.3 Å². The molecule has 0 spiro atoms. The summed E-state index contributed by atoms with van der Waals surface area (Å²) in [6, 6.07) is 7.47. The number of sulfonamides is 1. The third-order valence-corrected chi connectivity index (χ3v) is 7.51. The van der Waals surface area contributed by atoms with Gasteiger partial charge in [-0.2, -0.15) is 0 Å². The van der Waals surface area contributed by atoms with Crippen LogP contribution in [0.2, 0.25) is 4.34 Å². The Morgan fingerprint density at radius 3 is 2.54 bits per heavy atom. The number of aromatic carboxylic acids is 1. The number of anilines is 2. The molecule has 0 atom stereocenters. The zero-order chi connectivity index (χ0) is 18.9. The molecule has 0 bridgehead atoms. The van der Waals surface area contributed by atoms with Crippen molar-refractivity contribution in [2.75, 3.05) is 22.7 Å². The monoisotopic (exact) mass is 414 g/mol. The molecule has 1 aliphatic heterocycles. The maximum atomic E-state index is 12.7. The minimum Gasteiger partial charge on any atom is -0.478 e. The first kappa shape index (κ1) is 19.0. The summed E-state index contributed by atoms with van der Waals surface area (Å²) < 4.78 is 28.3. The highest BCUT2D eigenvalue weighted by molar-refractivity contribution is 7.94. The lowest BCUT2D eigenvalue weighted by Gasteiger charge is -2.33. The summed E-state index contributed by atoms with van der Waals surface area (Å²) >= 11 is 6.79. The lowest BCUT2D eigenvalue weighted by molar-refractivity contribution is 0.0697. The molecular weight excluding hydrogens is 396 g/mol. The lowest BCUT2D eigenvalue weighted by atomic mass is 9.98. The maximum absolute atomic E-state index is 12.7. The van der Waals surface area contributed by atoms with Crippen molar-refractivity contribution in [3.05, 3.63) is 40.2 Å². The number of hydrogen-bond acceptors (Lipinski definition) is 5. The van der Waals surface area contributed by atoms with E-state index in [4.69, 9.17) is 11.6 Å². The molecular formula is C17H19ClN2O4S2. The number of carboxylic acids is 1. The molecule has 26 heavy (non-hydrogen) atoms. The van der Waals surface area contributed by atoms with Crippen LogP contribution in [-0.4, -0.2) is 32.6 Å². The highest BCUT2D eigenvalue weighted by atomic mass is 35.5. The second-order valence-corrected chi connectivity index (χ2v) is 10.00. The summed E-state index contributed by atoms with van der Waals surface area (Å²) in [5.41, 5.74) is 0.984. The quantitative estimate of drug-likeness (QED) is 0.767. The van der Waals surface area contributed by atoms with E-state index in [1.807, 2.05) is 0 Å². The Morgan fingerprint density at radius 1 is 1.27 bits per heavy atom. The molecule has 0 unspecified atom stereocenters. The molecule has 2 heterocycles. The SMILES string of the molecule is CC1CCN(c2ccc(C(=O)O)cc2NS(=O)(=O)c2ccc(Cl)s2)CC1. The van der Waals surface area contributed by atoms with E-state index in [2.05, 4.69) is 16.5 Å². The zero-order valence-electron chi connectivity index (χ0n) is 14.1. The number of halogens is 1. The topological polar surface area (TPSA) is 86.7 Å². The minimum absolute atomic E-state index is 0.0287. The molecule has 3 rings (SSSR count). The number of nitrogens with zero attached hydrogens (tertiary/aromatic N) is 1. The van der Waals surface area contributed by atoms with Crippen LogP contribution in [0, 0.1) is 5.92 Å². The highest BCUT2D eigenvalue weighted by Crippen LogP contribution is 2.34. The van der Waals surface area contributed by atoms with E-state index < -0.39 is 16.0 Å². The van der Waals surface area contributed by atoms with Gasteiger partial charge in [0.1, 0.15) is 4.21 Å². The van der Waals surface area contributed by atoms with Gasteiger partial charge in [-0.05, 0) is 49.1 Å². The predicted octanol–water partition coefficient (Wildman–Crippen LogP) is 4.14. The van der Waals surface area contributed by atoms with Crippen molar-refractivity contribution in [3.63, 3.8) is 0 Å². The molecule has 0 aliphatic carbocycles. The van der Waals surface area contributed by atoms with Gasteiger partial charge in [0.05, 0.1) is 21.3 Å². The number of nitrogens with one attached hydrogen (secondary N) is 1. The van der Waals surface area contributed by atoms with Gasteiger partial charge in [-0.15, -0.1) is 11.3 Å². The summed E-state index contributed by atoms with van der Waals surface area (Å²) in [5, 5.41) is 9.26. The Kier molecular flexibility index (Phi) is 5.45. The van der Waals surface area contributed by atoms with Crippen LogP contribution in [0.3, 0.4) is 0 Å². The lowest BCUT2D eigenvalue weighted by Crippen LogP contribution is -2.33. The fraction of sp³-hybridized carbons (Fsp3) is 0.353. The Labute approximate surface area is 161 Å². The van der Waals surface area contributed by atoms with Crippen molar-refractivity contribution in [2.45, 2.75) is 24.0 Å². The van der Waals surface area contributed by atoms with Crippen molar-refractivity contribution in [1.82, 2.24) is 0 Å². The normalized spacial score (nSPS) is 15.8. The molecule has 2 aromatic rings. The molecule has 1 aromatic heterocycles. The molecule has 0 amide bonds. The Bertz CT molecular complexity index is 919. The molecule has 6 nitrogen and oxygen atoms in total. The van der Waals surface area contributed by atoms with Gasteiger partial charge in [0.15, 0.2) is 0 Å². The number of benzene rings is 1. The molecule has 9 heteroatoms. The fourth-order valence-electron chi connectivity index (χ4n) is 2.91. The van der Waals surface area contributed by atoms with Crippen molar-refractivity contribution in [1.29, 1.82) is 0 Å². The summed E-state index contributed by atoms with van der Waals surface area (Å²) in [6.07, 6.45) is 2.01. The standard InChI is InChI=1S/C17H19ClN2O4S2/c1-11-6-8-20(9-7-11)14-3-2-12(17(21)22)10-13(14)19-26(23,24)16-5-4-15(18)25-16/h2-5,10-11,19H,6-9H2,1H3,(H,21,22). The Hall–Kier alpha value is -1.77. The number of thiophene rings is 1. The first-order chi connectivity index (χ1) is 12.3. The highest BCUT2D eigenvalue weighted by Gasteiger charge is 2.23. The fourth-order valence-corrected chi connectivity index (χ4v) is 5.46. The van der Waals surface area contributed by atoms with Crippen molar-refractivity contribution >= 4 is 50.3 Å². The summed E-state index contributed by atoms with van der Waals surface area (Å²) in [4.78, 5) is 13.4. The first-order valence-electron chi connectivity index (χ1n) is 8.17. The third-order valence-electron chi connectivity index (χ3n) is 4.43. The van der Waals surface area contributed by atoms with Gasteiger partial charge in [-0.3, -0.25) is 4.72 Å². The van der Waals surface area contributed by atoms with Crippen LogP contribution in [0.5, 0.6) is 0 Å². The Balaban J connectivity index is 1.97. The minimum atomic E-state index is -3.84.